The number of nitrogens with one attached hydrogen (secondary N) is 1. The van der Waals surface area contributed by atoms with E-state index in [4.69, 9.17) is 4.98 Å². The van der Waals surface area contributed by atoms with Crippen molar-refractivity contribution in [1.82, 2.24) is 24.4 Å². The SMILES string of the molecule is CCCN1CCC(Nc2nccc(-c3cnc(C)n3C(C)C)n2)CC1. The zero-order valence-electron chi connectivity index (χ0n) is 15.9. The molecule has 3 heterocycles. The highest BCUT2D eigenvalue weighted by molar-refractivity contribution is 5.56. The molecule has 136 valence electrons. The number of hydrogen-bond donors (Lipinski definition) is 1. The van der Waals surface area contributed by atoms with Gasteiger partial charge in [-0.05, 0) is 52.6 Å². The molecule has 1 aliphatic heterocycles. The van der Waals surface area contributed by atoms with Crippen LogP contribution in [0.4, 0.5) is 5.95 Å². The van der Waals surface area contributed by atoms with Gasteiger partial charge in [0.1, 0.15) is 5.82 Å². The lowest BCUT2D eigenvalue weighted by Gasteiger charge is -2.32. The molecule has 3 rings (SSSR count). The molecule has 0 aliphatic carbocycles. The number of nitrogens with zero attached hydrogens (tertiary/aromatic N) is 5. The number of aryl methyl sites for hydroxylation is 1. The molecule has 0 amide bonds. The summed E-state index contributed by atoms with van der Waals surface area (Å²) in [6.45, 7) is 12.1. The van der Waals surface area contributed by atoms with Crippen molar-refractivity contribution < 1.29 is 0 Å². The summed E-state index contributed by atoms with van der Waals surface area (Å²) in [5.41, 5.74) is 1.98. The van der Waals surface area contributed by atoms with E-state index >= 15 is 0 Å². The van der Waals surface area contributed by atoms with Gasteiger partial charge in [0, 0.05) is 31.4 Å². The molecule has 0 bridgehead atoms. The highest BCUT2D eigenvalue weighted by atomic mass is 15.2. The van der Waals surface area contributed by atoms with Crippen LogP contribution in [-0.4, -0.2) is 50.1 Å². The number of anilines is 1. The maximum atomic E-state index is 4.75. The van der Waals surface area contributed by atoms with Crippen LogP contribution in [0.3, 0.4) is 0 Å². The molecule has 0 unspecified atom stereocenters. The Bertz CT molecular complexity index is 685. The van der Waals surface area contributed by atoms with Gasteiger partial charge in [-0.2, -0.15) is 0 Å². The van der Waals surface area contributed by atoms with E-state index in [-0.39, 0.29) is 0 Å². The summed E-state index contributed by atoms with van der Waals surface area (Å²) >= 11 is 0. The number of rotatable bonds is 6. The first-order valence-electron chi connectivity index (χ1n) is 9.44. The van der Waals surface area contributed by atoms with Crippen LogP contribution < -0.4 is 5.32 Å². The second kappa shape index (κ2) is 7.95. The Balaban J connectivity index is 1.71. The summed E-state index contributed by atoms with van der Waals surface area (Å²) in [6.07, 6.45) is 7.27. The third-order valence-corrected chi connectivity index (χ3v) is 4.88. The largest absolute Gasteiger partial charge is 0.351 e. The lowest BCUT2D eigenvalue weighted by molar-refractivity contribution is 0.219. The molecular formula is C19H30N6. The number of likely N-dealkylation sites (tertiary alicyclic amines) is 1. The van der Waals surface area contributed by atoms with Crippen LogP contribution in [0.2, 0.25) is 0 Å². The predicted molar refractivity (Wildman–Crippen MR) is 102 cm³/mol. The molecule has 1 saturated heterocycles. The zero-order chi connectivity index (χ0) is 17.8. The minimum absolute atomic E-state index is 0.353. The standard InChI is InChI=1S/C19H30N6/c1-5-10-24-11-7-16(8-12-24)22-19-20-9-6-17(23-19)18-13-21-15(4)25(18)14(2)3/h6,9,13-14,16H,5,7-8,10-12H2,1-4H3,(H,20,22,23). The van der Waals surface area contributed by atoms with Crippen LogP contribution in [-0.2, 0) is 0 Å². The summed E-state index contributed by atoms with van der Waals surface area (Å²) < 4.78 is 2.22. The van der Waals surface area contributed by atoms with Gasteiger partial charge in [0.15, 0.2) is 0 Å². The van der Waals surface area contributed by atoms with E-state index in [9.17, 15) is 0 Å². The van der Waals surface area contributed by atoms with E-state index < -0.39 is 0 Å². The van der Waals surface area contributed by atoms with Crippen LogP contribution >= 0.6 is 0 Å². The van der Waals surface area contributed by atoms with Crippen LogP contribution in [0.15, 0.2) is 18.5 Å². The van der Waals surface area contributed by atoms with Crippen LogP contribution in [0, 0.1) is 6.92 Å². The zero-order valence-corrected chi connectivity index (χ0v) is 15.9. The van der Waals surface area contributed by atoms with E-state index in [1.54, 1.807) is 0 Å². The topological polar surface area (TPSA) is 58.9 Å². The Morgan fingerprint density at radius 2 is 2.00 bits per heavy atom. The smallest absolute Gasteiger partial charge is 0.223 e. The molecule has 25 heavy (non-hydrogen) atoms. The van der Waals surface area contributed by atoms with Gasteiger partial charge in [-0.15, -0.1) is 0 Å². The highest BCUT2D eigenvalue weighted by Crippen LogP contribution is 2.24. The molecule has 1 N–H and O–H groups in total. The molecule has 6 heteroatoms. The average molecular weight is 342 g/mol. The summed E-state index contributed by atoms with van der Waals surface area (Å²) in [5, 5.41) is 3.53. The van der Waals surface area contributed by atoms with Crippen molar-refractivity contribution in [3.8, 4) is 11.4 Å². The first-order valence-corrected chi connectivity index (χ1v) is 9.44. The fraction of sp³-hybridized carbons (Fsp3) is 0.632. The van der Waals surface area contributed by atoms with E-state index in [2.05, 4.69) is 45.5 Å². The minimum atomic E-state index is 0.353. The molecule has 0 atom stereocenters. The number of imidazole rings is 1. The first kappa shape index (κ1) is 17.9. The summed E-state index contributed by atoms with van der Waals surface area (Å²) in [4.78, 5) is 16.2. The number of hydrogen-bond acceptors (Lipinski definition) is 5. The van der Waals surface area contributed by atoms with Crippen LogP contribution in [0.1, 0.15) is 51.9 Å². The van der Waals surface area contributed by atoms with Crippen LogP contribution in [0.5, 0.6) is 0 Å². The quantitative estimate of drug-likeness (QED) is 0.870. The van der Waals surface area contributed by atoms with Gasteiger partial charge in [0.25, 0.3) is 0 Å². The Labute approximate surface area is 150 Å². The number of piperidine rings is 1. The van der Waals surface area contributed by atoms with Gasteiger partial charge in [-0.1, -0.05) is 6.92 Å². The highest BCUT2D eigenvalue weighted by Gasteiger charge is 2.19. The fourth-order valence-corrected chi connectivity index (χ4v) is 3.67. The lowest BCUT2D eigenvalue weighted by Crippen LogP contribution is -2.39. The maximum absolute atomic E-state index is 4.75. The summed E-state index contributed by atoms with van der Waals surface area (Å²) in [5.74, 6) is 1.74. The Kier molecular flexibility index (Phi) is 5.68. The third kappa shape index (κ3) is 4.18. The molecule has 2 aromatic heterocycles. The van der Waals surface area contributed by atoms with E-state index in [1.807, 2.05) is 25.4 Å². The van der Waals surface area contributed by atoms with Gasteiger partial charge < -0.3 is 14.8 Å². The van der Waals surface area contributed by atoms with Gasteiger partial charge in [-0.3, -0.25) is 0 Å². The molecule has 0 aromatic carbocycles. The molecule has 6 nitrogen and oxygen atoms in total. The molecular weight excluding hydrogens is 312 g/mol. The second-order valence-electron chi connectivity index (χ2n) is 7.18. The van der Waals surface area contributed by atoms with E-state index in [0.29, 0.717) is 12.1 Å². The minimum Gasteiger partial charge on any atom is -0.351 e. The molecule has 2 aromatic rings. The van der Waals surface area contributed by atoms with Gasteiger partial charge in [0.05, 0.1) is 17.6 Å². The van der Waals surface area contributed by atoms with Gasteiger partial charge >= 0.3 is 0 Å². The van der Waals surface area contributed by atoms with E-state index in [1.165, 1.54) is 13.0 Å². The monoisotopic (exact) mass is 342 g/mol. The summed E-state index contributed by atoms with van der Waals surface area (Å²) in [6, 6.07) is 2.77. The van der Waals surface area contributed by atoms with Crippen molar-refractivity contribution in [2.24, 2.45) is 0 Å². The van der Waals surface area contributed by atoms with Crippen molar-refractivity contribution in [2.45, 2.75) is 59.0 Å². The maximum Gasteiger partial charge on any atom is 0.223 e. The lowest BCUT2D eigenvalue weighted by atomic mass is 10.1. The first-order chi connectivity index (χ1) is 12.1. The number of aromatic nitrogens is 4. The van der Waals surface area contributed by atoms with Crippen molar-refractivity contribution in [1.29, 1.82) is 0 Å². The average Bonchev–Trinajstić information content (AvgIpc) is 2.99. The molecule has 0 saturated carbocycles. The van der Waals surface area contributed by atoms with Crippen molar-refractivity contribution in [2.75, 3.05) is 25.0 Å². The predicted octanol–water partition coefficient (Wildman–Crippen LogP) is 3.52. The third-order valence-electron chi connectivity index (χ3n) is 4.88. The molecule has 1 fully saturated rings. The van der Waals surface area contributed by atoms with Crippen molar-refractivity contribution in [3.63, 3.8) is 0 Å². The van der Waals surface area contributed by atoms with Crippen molar-refractivity contribution >= 4 is 5.95 Å². The molecule has 0 spiro atoms. The molecule has 0 radical (unpaired) electrons. The van der Waals surface area contributed by atoms with Gasteiger partial charge in [0.2, 0.25) is 5.95 Å². The molecule has 1 aliphatic rings. The van der Waals surface area contributed by atoms with E-state index in [0.717, 1.165) is 49.1 Å². The van der Waals surface area contributed by atoms with Crippen molar-refractivity contribution in [3.05, 3.63) is 24.3 Å². The Morgan fingerprint density at radius 3 is 2.68 bits per heavy atom. The second-order valence-corrected chi connectivity index (χ2v) is 7.18. The Morgan fingerprint density at radius 1 is 1.24 bits per heavy atom. The van der Waals surface area contributed by atoms with Crippen LogP contribution in [0.25, 0.3) is 11.4 Å². The fourth-order valence-electron chi connectivity index (χ4n) is 3.67. The summed E-state index contributed by atoms with van der Waals surface area (Å²) in [7, 11) is 0. The normalized spacial score (nSPS) is 16.5. The Hall–Kier alpha value is -1.95. The van der Waals surface area contributed by atoms with Gasteiger partial charge in [-0.25, -0.2) is 15.0 Å².